The van der Waals surface area contributed by atoms with Crippen LogP contribution < -0.4 is 5.73 Å². The molecule has 0 spiro atoms. The third-order valence-corrected chi connectivity index (χ3v) is 6.36. The Morgan fingerprint density at radius 2 is 1.97 bits per heavy atom. The third kappa shape index (κ3) is 5.89. The van der Waals surface area contributed by atoms with Crippen LogP contribution in [0.2, 0.25) is 5.02 Å². The summed E-state index contributed by atoms with van der Waals surface area (Å²) in [5.74, 6) is -0.0937. The van der Waals surface area contributed by atoms with Crippen LogP contribution in [0.4, 0.5) is 4.79 Å². The molecule has 0 unspecified atom stereocenters. The molecule has 4 rings (SSSR count). The molecule has 0 saturated carbocycles. The highest BCUT2D eigenvalue weighted by Gasteiger charge is 2.31. The summed E-state index contributed by atoms with van der Waals surface area (Å²) in [7, 11) is 0. The molecule has 3 aromatic rings. The molecule has 2 heterocycles. The maximum atomic E-state index is 13.3. The minimum atomic E-state index is -0.322. The van der Waals surface area contributed by atoms with Gasteiger partial charge in [-0.15, -0.1) is 0 Å². The van der Waals surface area contributed by atoms with Crippen LogP contribution in [0.5, 0.6) is 0 Å². The number of amides is 2. The van der Waals surface area contributed by atoms with Gasteiger partial charge < -0.3 is 20.3 Å². The van der Waals surface area contributed by atoms with E-state index >= 15 is 0 Å². The Labute approximate surface area is 217 Å². The number of carbonyl (C=O) groups excluding carboxylic acids is 2. The first-order valence-corrected chi connectivity index (χ1v) is 11.9. The zero-order valence-corrected chi connectivity index (χ0v) is 21.7. The maximum absolute atomic E-state index is 13.3. The normalized spacial score (nSPS) is 15.6. The lowest BCUT2D eigenvalue weighted by Gasteiger charge is -2.39. The summed E-state index contributed by atoms with van der Waals surface area (Å²) < 4.78 is 5.26. The van der Waals surface area contributed by atoms with E-state index in [0.29, 0.717) is 48.9 Å². The average Bonchev–Trinajstić information content (AvgIpc) is 2.86. The lowest BCUT2D eigenvalue weighted by Crippen LogP contribution is -2.55. The van der Waals surface area contributed by atoms with Crippen molar-refractivity contribution in [2.24, 2.45) is 5.73 Å². The molecule has 2 N–H and O–H groups in total. The highest BCUT2D eigenvalue weighted by molar-refractivity contribution is 7.59. The van der Waals surface area contributed by atoms with E-state index in [1.165, 1.54) is 0 Å². The Bertz CT molecular complexity index is 1220. The summed E-state index contributed by atoms with van der Waals surface area (Å²) in [5.41, 5.74) is 9.63. The van der Waals surface area contributed by atoms with E-state index in [1.54, 1.807) is 21.9 Å². The van der Waals surface area contributed by atoms with Crippen molar-refractivity contribution in [3.8, 4) is 11.3 Å². The summed E-state index contributed by atoms with van der Waals surface area (Å²) in [6.45, 7) is 6.05. The van der Waals surface area contributed by atoms with E-state index in [1.807, 2.05) is 50.2 Å². The number of nitrogens with zero attached hydrogens (tertiary/aromatic N) is 3. The molecule has 186 valence electrons. The molecular weight excluding hydrogens is 484 g/mol. The fourth-order valence-electron chi connectivity index (χ4n) is 4.19. The highest BCUT2D eigenvalue weighted by Crippen LogP contribution is 2.29. The molecule has 0 aliphatic carbocycles. The first-order chi connectivity index (χ1) is 16.4. The fraction of sp³-hybridized carbons (Fsp3) is 0.346. The van der Waals surface area contributed by atoms with Crippen LogP contribution in [0.1, 0.15) is 36.2 Å². The molecule has 9 heteroatoms. The van der Waals surface area contributed by atoms with Gasteiger partial charge in [0.15, 0.2) is 0 Å². The van der Waals surface area contributed by atoms with Gasteiger partial charge in [-0.05, 0) is 43.2 Å². The van der Waals surface area contributed by atoms with E-state index in [2.05, 4.69) is 0 Å². The molecule has 2 amide bonds. The maximum Gasteiger partial charge on any atom is 0.410 e. The molecule has 1 aliphatic rings. The number of aromatic nitrogens is 1. The number of carbonyl (C=O) groups is 2. The van der Waals surface area contributed by atoms with Crippen LogP contribution in [0.3, 0.4) is 0 Å². The van der Waals surface area contributed by atoms with E-state index in [-0.39, 0.29) is 31.5 Å². The van der Waals surface area contributed by atoms with Crippen molar-refractivity contribution in [1.29, 1.82) is 0 Å². The van der Waals surface area contributed by atoms with Crippen molar-refractivity contribution >= 4 is 48.0 Å². The van der Waals surface area contributed by atoms with Crippen LogP contribution in [-0.4, -0.2) is 59.1 Å². The number of hydrogen-bond acceptors (Lipinski definition) is 5. The number of ether oxygens (including phenoxy) is 1. The van der Waals surface area contributed by atoms with Crippen molar-refractivity contribution in [3.05, 3.63) is 64.7 Å². The van der Waals surface area contributed by atoms with Gasteiger partial charge in [-0.25, -0.2) is 9.78 Å². The van der Waals surface area contributed by atoms with Gasteiger partial charge in [0, 0.05) is 48.7 Å². The van der Waals surface area contributed by atoms with Crippen molar-refractivity contribution in [3.63, 3.8) is 0 Å². The summed E-state index contributed by atoms with van der Waals surface area (Å²) in [6, 6.07) is 15.0. The Kier molecular flexibility index (Phi) is 8.99. The van der Waals surface area contributed by atoms with Gasteiger partial charge in [0.2, 0.25) is 0 Å². The third-order valence-electron chi connectivity index (χ3n) is 6.04. The van der Waals surface area contributed by atoms with Gasteiger partial charge in [0.05, 0.1) is 22.8 Å². The molecule has 1 atom stereocenters. The Hall–Kier alpha value is -2.81. The summed E-state index contributed by atoms with van der Waals surface area (Å²) in [6.07, 6.45) is 0.455. The van der Waals surface area contributed by atoms with Gasteiger partial charge in [-0.2, -0.15) is 13.5 Å². The first kappa shape index (κ1) is 26.8. The van der Waals surface area contributed by atoms with Crippen LogP contribution in [0.15, 0.2) is 48.5 Å². The molecule has 0 bridgehead atoms. The zero-order valence-electron chi connectivity index (χ0n) is 20.0. The molecule has 2 aromatic carbocycles. The van der Waals surface area contributed by atoms with E-state index in [0.717, 1.165) is 28.6 Å². The lowest BCUT2D eigenvalue weighted by molar-refractivity contribution is 0.0412. The standard InChI is InChI=1S/C26H29ClN4O3.H2S/c1-3-11-34-26(33)31-10-9-30(16-17(31)2)25(32)20-7-8-21-22(27)14-23(29-24(21)13-20)19-6-4-5-18(12-19)15-28;/h4-8,12-14,17H,3,9-11,15-16,28H2,1-2H3;1H2/t17-;/m0./s1. The second kappa shape index (κ2) is 11.7. The molecule has 1 aromatic heterocycles. The number of nitrogens with two attached hydrogens (primary N) is 1. The van der Waals surface area contributed by atoms with Crippen molar-refractivity contribution in [1.82, 2.24) is 14.8 Å². The van der Waals surface area contributed by atoms with Gasteiger partial charge in [-0.1, -0.05) is 42.8 Å². The number of fused-ring (bicyclic) bond motifs is 1. The van der Waals surface area contributed by atoms with Crippen molar-refractivity contribution in [2.75, 3.05) is 26.2 Å². The smallest absolute Gasteiger partial charge is 0.410 e. The predicted octanol–water partition coefficient (Wildman–Crippen LogP) is 4.82. The molecule has 0 radical (unpaired) electrons. The largest absolute Gasteiger partial charge is 0.449 e. The van der Waals surface area contributed by atoms with Gasteiger partial charge in [-0.3, -0.25) is 4.79 Å². The molecule has 7 nitrogen and oxygen atoms in total. The second-order valence-electron chi connectivity index (χ2n) is 8.53. The minimum Gasteiger partial charge on any atom is -0.449 e. The molecule has 1 saturated heterocycles. The summed E-state index contributed by atoms with van der Waals surface area (Å²) >= 11 is 6.56. The molecule has 35 heavy (non-hydrogen) atoms. The van der Waals surface area contributed by atoms with E-state index in [9.17, 15) is 9.59 Å². The number of halogens is 1. The van der Waals surface area contributed by atoms with E-state index < -0.39 is 0 Å². The van der Waals surface area contributed by atoms with Crippen molar-refractivity contribution < 1.29 is 14.3 Å². The average molecular weight is 515 g/mol. The summed E-state index contributed by atoms with van der Waals surface area (Å²) in [5, 5.41) is 1.36. The molecule has 1 fully saturated rings. The molecule has 1 aliphatic heterocycles. The number of rotatable bonds is 5. The van der Waals surface area contributed by atoms with Crippen LogP contribution in [0.25, 0.3) is 22.2 Å². The number of piperazine rings is 1. The topological polar surface area (TPSA) is 88.8 Å². The Morgan fingerprint density at radius 3 is 2.69 bits per heavy atom. The quantitative estimate of drug-likeness (QED) is 0.527. The summed E-state index contributed by atoms with van der Waals surface area (Å²) in [4.78, 5) is 33.8. The Balaban J connectivity index is 0.00000342. The van der Waals surface area contributed by atoms with Gasteiger partial charge >= 0.3 is 6.09 Å². The predicted molar refractivity (Wildman–Crippen MR) is 144 cm³/mol. The molecular formula is C26H31ClN4O3S. The lowest BCUT2D eigenvalue weighted by atomic mass is 10.0. The SMILES string of the molecule is CCCOC(=O)N1CCN(C(=O)c2ccc3c(Cl)cc(-c4cccc(CN)c4)nc3c2)C[C@@H]1C.S. The Morgan fingerprint density at radius 1 is 1.17 bits per heavy atom. The fourth-order valence-corrected chi connectivity index (χ4v) is 4.46. The first-order valence-electron chi connectivity index (χ1n) is 11.5. The van der Waals surface area contributed by atoms with Crippen molar-refractivity contribution in [2.45, 2.75) is 32.9 Å². The highest BCUT2D eigenvalue weighted by atomic mass is 35.5. The zero-order chi connectivity index (χ0) is 24.2. The van der Waals surface area contributed by atoms with E-state index in [4.69, 9.17) is 27.1 Å². The number of benzene rings is 2. The van der Waals surface area contributed by atoms with Crippen LogP contribution in [-0.2, 0) is 11.3 Å². The van der Waals surface area contributed by atoms with Crippen LogP contribution >= 0.6 is 25.1 Å². The van der Waals surface area contributed by atoms with Crippen LogP contribution in [0, 0.1) is 0 Å². The minimum absolute atomic E-state index is 0. The van der Waals surface area contributed by atoms with Gasteiger partial charge in [0.1, 0.15) is 0 Å². The number of hydrogen-bond donors (Lipinski definition) is 1. The second-order valence-corrected chi connectivity index (χ2v) is 8.94. The monoisotopic (exact) mass is 514 g/mol. The van der Waals surface area contributed by atoms with Gasteiger partial charge in [0.25, 0.3) is 5.91 Å². The number of pyridine rings is 1.